The van der Waals surface area contributed by atoms with E-state index in [2.05, 4.69) is 36.8 Å². The molecule has 0 spiro atoms. The van der Waals surface area contributed by atoms with Gasteiger partial charge >= 0.3 is 5.97 Å². The Hall–Kier alpha value is -0.880. The highest BCUT2D eigenvalue weighted by Crippen LogP contribution is 2.26. The van der Waals surface area contributed by atoms with Gasteiger partial charge in [0.15, 0.2) is 11.3 Å². The second-order valence-corrected chi connectivity index (χ2v) is 5.17. The summed E-state index contributed by atoms with van der Waals surface area (Å²) in [6.07, 6.45) is 1.68. The average molecular weight is 362 g/mol. The molecule has 0 aliphatic rings. The number of esters is 1. The third kappa shape index (κ3) is 2.24. The van der Waals surface area contributed by atoms with Crippen molar-refractivity contribution in [1.29, 1.82) is 0 Å². The summed E-state index contributed by atoms with van der Waals surface area (Å²) in [6.45, 7) is 4.06. The summed E-state index contributed by atoms with van der Waals surface area (Å²) in [5.74, 6) is -0.404. The maximum absolute atomic E-state index is 11.6. The zero-order valence-electron chi connectivity index (χ0n) is 9.33. The van der Waals surface area contributed by atoms with Crippen molar-refractivity contribution in [3.05, 3.63) is 32.6 Å². The molecule has 2 rings (SSSR count). The lowest BCUT2D eigenvalue weighted by molar-refractivity contribution is 0.0520. The molecule has 2 aromatic heterocycles. The van der Waals surface area contributed by atoms with Crippen molar-refractivity contribution < 1.29 is 9.53 Å². The smallest absolute Gasteiger partial charge is 0.358 e. The number of aromatic nitrogens is 2. The Morgan fingerprint density at radius 1 is 1.47 bits per heavy atom. The highest BCUT2D eigenvalue weighted by molar-refractivity contribution is 9.11. The molecule has 0 fully saturated rings. The highest BCUT2D eigenvalue weighted by Gasteiger charge is 2.15. The third-order valence-corrected chi connectivity index (χ3v) is 3.75. The second kappa shape index (κ2) is 4.78. The molecular weight excluding hydrogens is 352 g/mol. The van der Waals surface area contributed by atoms with Crippen molar-refractivity contribution >= 4 is 43.5 Å². The van der Waals surface area contributed by atoms with E-state index in [0.29, 0.717) is 17.9 Å². The van der Waals surface area contributed by atoms with Crippen molar-refractivity contribution in [1.82, 2.24) is 9.38 Å². The van der Waals surface area contributed by atoms with Crippen molar-refractivity contribution in [2.75, 3.05) is 6.61 Å². The maximum atomic E-state index is 11.6. The summed E-state index contributed by atoms with van der Waals surface area (Å²) in [5.41, 5.74) is 1.99. The van der Waals surface area contributed by atoms with Crippen molar-refractivity contribution in [2.24, 2.45) is 0 Å². The first kappa shape index (κ1) is 12.6. The monoisotopic (exact) mass is 360 g/mol. The fraction of sp³-hybridized carbons (Fsp3) is 0.273. The van der Waals surface area contributed by atoms with Crippen LogP contribution in [0.2, 0.25) is 0 Å². The fourth-order valence-electron chi connectivity index (χ4n) is 1.50. The van der Waals surface area contributed by atoms with Gasteiger partial charge in [0.25, 0.3) is 0 Å². The van der Waals surface area contributed by atoms with E-state index in [9.17, 15) is 4.79 Å². The van der Waals surface area contributed by atoms with Crippen molar-refractivity contribution in [3.63, 3.8) is 0 Å². The maximum Gasteiger partial charge on any atom is 0.358 e. The van der Waals surface area contributed by atoms with Gasteiger partial charge in [0.05, 0.1) is 11.1 Å². The number of halogens is 2. The Balaban J connectivity index is 2.61. The minimum Gasteiger partial charge on any atom is -0.461 e. The number of ether oxygens (including phenoxy) is 1. The van der Waals surface area contributed by atoms with Crippen LogP contribution < -0.4 is 0 Å². The van der Waals surface area contributed by atoms with Crippen LogP contribution in [0, 0.1) is 6.92 Å². The lowest BCUT2D eigenvalue weighted by Gasteiger charge is -2.03. The zero-order chi connectivity index (χ0) is 12.6. The number of nitrogens with zero attached hydrogens (tertiary/aromatic N) is 2. The van der Waals surface area contributed by atoms with Gasteiger partial charge in [-0.15, -0.1) is 0 Å². The summed E-state index contributed by atoms with van der Waals surface area (Å²) < 4.78 is 8.55. The average Bonchev–Trinajstić information content (AvgIpc) is 2.72. The van der Waals surface area contributed by atoms with Crippen LogP contribution in [-0.2, 0) is 4.74 Å². The Labute approximate surface area is 115 Å². The number of carbonyl (C=O) groups is 1. The number of aryl methyl sites for hydroxylation is 1. The molecule has 2 aromatic rings. The molecule has 2 heterocycles. The number of fused-ring (bicyclic) bond motifs is 1. The molecule has 4 nitrogen and oxygen atoms in total. The van der Waals surface area contributed by atoms with Gasteiger partial charge in [-0.1, -0.05) is 0 Å². The van der Waals surface area contributed by atoms with E-state index >= 15 is 0 Å². The van der Waals surface area contributed by atoms with E-state index < -0.39 is 5.97 Å². The first-order valence-electron chi connectivity index (χ1n) is 5.05. The summed E-state index contributed by atoms with van der Waals surface area (Å²) in [5, 5.41) is 0. The molecule has 0 radical (unpaired) electrons. The number of rotatable bonds is 2. The quantitative estimate of drug-likeness (QED) is 0.770. The molecule has 0 amide bonds. The van der Waals surface area contributed by atoms with Gasteiger partial charge in [-0.3, -0.25) is 0 Å². The molecular formula is C11H10Br2N2O2. The fourth-order valence-corrected chi connectivity index (χ4v) is 2.74. The van der Waals surface area contributed by atoms with Crippen LogP contribution in [0.25, 0.3) is 5.65 Å². The molecule has 0 saturated heterocycles. The van der Waals surface area contributed by atoms with Gasteiger partial charge in [0.2, 0.25) is 0 Å². The Morgan fingerprint density at radius 2 is 2.18 bits per heavy atom. The SMILES string of the molecule is CCOC(=O)c1cn2c(C)c(Br)cc(Br)c2n1. The predicted molar refractivity (Wildman–Crippen MR) is 71.3 cm³/mol. The normalized spacial score (nSPS) is 10.8. The molecule has 17 heavy (non-hydrogen) atoms. The van der Waals surface area contributed by atoms with Crippen LogP contribution in [0.5, 0.6) is 0 Å². The minimum atomic E-state index is -0.404. The molecule has 0 unspecified atom stereocenters. The minimum absolute atomic E-state index is 0.314. The summed E-state index contributed by atoms with van der Waals surface area (Å²) in [7, 11) is 0. The van der Waals surface area contributed by atoms with Crippen LogP contribution in [-0.4, -0.2) is 22.0 Å². The van der Waals surface area contributed by atoms with Gasteiger partial charge in [0, 0.05) is 16.4 Å². The van der Waals surface area contributed by atoms with E-state index in [-0.39, 0.29) is 0 Å². The van der Waals surface area contributed by atoms with Crippen molar-refractivity contribution in [2.45, 2.75) is 13.8 Å². The summed E-state index contributed by atoms with van der Waals surface area (Å²) >= 11 is 6.87. The zero-order valence-corrected chi connectivity index (χ0v) is 12.5. The van der Waals surface area contributed by atoms with Crippen molar-refractivity contribution in [3.8, 4) is 0 Å². The lowest BCUT2D eigenvalue weighted by atomic mass is 10.4. The van der Waals surface area contributed by atoms with Gasteiger partial charge in [-0.2, -0.15) is 0 Å². The summed E-state index contributed by atoms with van der Waals surface area (Å²) in [6, 6.07) is 1.91. The first-order chi connectivity index (χ1) is 8.04. The third-order valence-electron chi connectivity index (χ3n) is 2.36. The van der Waals surface area contributed by atoms with Crippen LogP contribution in [0.4, 0.5) is 0 Å². The Kier molecular flexibility index (Phi) is 3.53. The second-order valence-electron chi connectivity index (χ2n) is 3.47. The van der Waals surface area contributed by atoms with E-state index in [0.717, 1.165) is 14.6 Å². The van der Waals surface area contributed by atoms with Crippen LogP contribution >= 0.6 is 31.9 Å². The number of pyridine rings is 1. The topological polar surface area (TPSA) is 43.6 Å². The number of hydrogen-bond donors (Lipinski definition) is 0. The summed E-state index contributed by atoms with van der Waals surface area (Å²) in [4.78, 5) is 15.9. The van der Waals surface area contributed by atoms with Gasteiger partial charge < -0.3 is 9.14 Å². The first-order valence-corrected chi connectivity index (χ1v) is 6.64. The molecule has 6 heteroatoms. The van der Waals surface area contributed by atoms with E-state index in [1.54, 1.807) is 13.1 Å². The Morgan fingerprint density at radius 3 is 2.82 bits per heavy atom. The van der Waals surface area contributed by atoms with Gasteiger partial charge in [0.1, 0.15) is 0 Å². The molecule has 0 bridgehead atoms. The van der Waals surface area contributed by atoms with E-state index in [1.165, 1.54) is 0 Å². The number of hydrogen-bond acceptors (Lipinski definition) is 3. The van der Waals surface area contributed by atoms with E-state index in [4.69, 9.17) is 4.74 Å². The molecule has 0 aromatic carbocycles. The lowest BCUT2D eigenvalue weighted by Crippen LogP contribution is -2.04. The predicted octanol–water partition coefficient (Wildman–Crippen LogP) is 3.34. The van der Waals surface area contributed by atoms with E-state index in [1.807, 2.05) is 17.4 Å². The van der Waals surface area contributed by atoms with Gasteiger partial charge in [-0.05, 0) is 51.8 Å². The standard InChI is InChI=1S/C11H10Br2N2O2/c1-3-17-11(16)9-5-15-6(2)7(12)4-8(13)10(15)14-9/h4-5H,3H2,1-2H3. The number of carbonyl (C=O) groups excluding carboxylic acids is 1. The molecule has 0 atom stereocenters. The molecule has 0 saturated carbocycles. The largest absolute Gasteiger partial charge is 0.461 e. The Bertz CT molecular complexity index is 593. The van der Waals surface area contributed by atoms with Gasteiger partial charge in [-0.25, -0.2) is 9.78 Å². The molecule has 0 aliphatic carbocycles. The van der Waals surface area contributed by atoms with Crippen LogP contribution in [0.3, 0.4) is 0 Å². The van der Waals surface area contributed by atoms with Crippen LogP contribution in [0.1, 0.15) is 23.1 Å². The molecule has 90 valence electrons. The highest BCUT2D eigenvalue weighted by atomic mass is 79.9. The molecule has 0 aliphatic heterocycles. The molecule has 0 N–H and O–H groups in total. The number of imidazole rings is 1. The van der Waals surface area contributed by atoms with Crippen LogP contribution in [0.15, 0.2) is 21.2 Å².